The van der Waals surface area contributed by atoms with Crippen molar-refractivity contribution in [3.8, 4) is 0 Å². The molecule has 0 unspecified atom stereocenters. The van der Waals surface area contributed by atoms with Crippen molar-refractivity contribution < 1.29 is 14.3 Å². The molecule has 0 radical (unpaired) electrons. The van der Waals surface area contributed by atoms with Crippen molar-refractivity contribution in [1.82, 2.24) is 5.32 Å². The van der Waals surface area contributed by atoms with Gasteiger partial charge in [0, 0.05) is 6.54 Å². The van der Waals surface area contributed by atoms with Gasteiger partial charge < -0.3 is 10.1 Å². The number of carbonyl (C=O) groups is 2. The van der Waals surface area contributed by atoms with Crippen molar-refractivity contribution in [3.63, 3.8) is 0 Å². The zero-order chi connectivity index (χ0) is 16.8. The van der Waals surface area contributed by atoms with Gasteiger partial charge in [-0.15, -0.1) is 0 Å². The predicted octanol–water partition coefficient (Wildman–Crippen LogP) is 3.78. The van der Waals surface area contributed by atoms with E-state index in [0.717, 1.165) is 11.1 Å². The Balaban J connectivity index is 1.83. The molecule has 0 saturated carbocycles. The molecule has 0 aliphatic heterocycles. The molecule has 23 heavy (non-hydrogen) atoms. The van der Waals surface area contributed by atoms with Gasteiger partial charge in [-0.05, 0) is 24.6 Å². The van der Waals surface area contributed by atoms with Gasteiger partial charge in [0.05, 0.1) is 15.6 Å². The second-order valence-corrected chi connectivity index (χ2v) is 5.73. The molecule has 0 aliphatic rings. The Kier molecular flexibility index (Phi) is 6.02. The molecule has 2 aromatic rings. The molecule has 0 atom stereocenters. The molecule has 0 fully saturated rings. The Hall–Kier alpha value is -2.04. The van der Waals surface area contributed by atoms with Crippen LogP contribution >= 0.6 is 23.2 Å². The first-order valence-corrected chi connectivity index (χ1v) is 7.66. The SMILES string of the molecule is Cc1ccc(CNC(=O)COC(=O)c2cccc(Cl)c2Cl)cc1. The maximum absolute atomic E-state index is 11.9. The Labute approximate surface area is 144 Å². The smallest absolute Gasteiger partial charge is 0.340 e. The van der Waals surface area contributed by atoms with Crippen LogP contribution in [0.3, 0.4) is 0 Å². The molecule has 0 aliphatic carbocycles. The summed E-state index contributed by atoms with van der Waals surface area (Å²) in [6.07, 6.45) is 0. The monoisotopic (exact) mass is 351 g/mol. The zero-order valence-electron chi connectivity index (χ0n) is 12.4. The molecule has 1 amide bonds. The molecule has 6 heteroatoms. The van der Waals surface area contributed by atoms with E-state index in [-0.39, 0.29) is 22.2 Å². The van der Waals surface area contributed by atoms with E-state index in [1.165, 1.54) is 6.07 Å². The van der Waals surface area contributed by atoms with Crippen LogP contribution in [0.15, 0.2) is 42.5 Å². The summed E-state index contributed by atoms with van der Waals surface area (Å²) in [5.74, 6) is -1.08. The van der Waals surface area contributed by atoms with Gasteiger partial charge in [0.1, 0.15) is 0 Å². The number of esters is 1. The van der Waals surface area contributed by atoms with Gasteiger partial charge in [-0.1, -0.05) is 59.1 Å². The molecular formula is C17H15Cl2NO3. The number of carbonyl (C=O) groups excluding carboxylic acids is 2. The minimum absolute atomic E-state index is 0.110. The topological polar surface area (TPSA) is 55.4 Å². The second kappa shape index (κ2) is 7.99. The van der Waals surface area contributed by atoms with E-state index in [4.69, 9.17) is 27.9 Å². The van der Waals surface area contributed by atoms with Crippen LogP contribution < -0.4 is 5.32 Å². The minimum Gasteiger partial charge on any atom is -0.452 e. The van der Waals surface area contributed by atoms with Gasteiger partial charge in [0.2, 0.25) is 0 Å². The Morgan fingerprint density at radius 3 is 2.48 bits per heavy atom. The summed E-state index contributed by atoms with van der Waals surface area (Å²) < 4.78 is 4.94. The lowest BCUT2D eigenvalue weighted by Crippen LogP contribution is -2.28. The third-order valence-electron chi connectivity index (χ3n) is 3.12. The lowest BCUT2D eigenvalue weighted by Gasteiger charge is -2.08. The highest BCUT2D eigenvalue weighted by atomic mass is 35.5. The van der Waals surface area contributed by atoms with E-state index in [2.05, 4.69) is 5.32 Å². The van der Waals surface area contributed by atoms with E-state index in [1.54, 1.807) is 12.1 Å². The first-order valence-electron chi connectivity index (χ1n) is 6.91. The van der Waals surface area contributed by atoms with Crippen LogP contribution in [0.2, 0.25) is 10.0 Å². The Morgan fingerprint density at radius 1 is 1.09 bits per heavy atom. The summed E-state index contributed by atoms with van der Waals surface area (Å²) in [7, 11) is 0. The van der Waals surface area contributed by atoms with Crippen LogP contribution in [0.1, 0.15) is 21.5 Å². The summed E-state index contributed by atoms with van der Waals surface area (Å²) in [4.78, 5) is 23.6. The summed E-state index contributed by atoms with van der Waals surface area (Å²) >= 11 is 11.8. The maximum atomic E-state index is 11.9. The number of halogens is 2. The quantitative estimate of drug-likeness (QED) is 0.834. The average Bonchev–Trinajstić information content (AvgIpc) is 2.54. The van der Waals surface area contributed by atoms with Crippen LogP contribution in [0, 0.1) is 6.92 Å². The molecule has 0 bridgehead atoms. The fraction of sp³-hybridized carbons (Fsp3) is 0.176. The number of hydrogen-bond donors (Lipinski definition) is 1. The lowest BCUT2D eigenvalue weighted by molar-refractivity contribution is -0.124. The van der Waals surface area contributed by atoms with Crippen LogP contribution in [0.5, 0.6) is 0 Å². The Bertz CT molecular complexity index is 714. The van der Waals surface area contributed by atoms with Gasteiger partial charge in [-0.3, -0.25) is 4.79 Å². The number of aryl methyl sites for hydroxylation is 1. The maximum Gasteiger partial charge on any atom is 0.340 e. The minimum atomic E-state index is -0.692. The van der Waals surface area contributed by atoms with Crippen molar-refractivity contribution in [2.45, 2.75) is 13.5 Å². The number of hydrogen-bond acceptors (Lipinski definition) is 3. The highest BCUT2D eigenvalue weighted by Crippen LogP contribution is 2.25. The van der Waals surface area contributed by atoms with Crippen molar-refractivity contribution in [1.29, 1.82) is 0 Å². The summed E-state index contributed by atoms with van der Waals surface area (Å²) in [5.41, 5.74) is 2.24. The normalized spacial score (nSPS) is 10.2. The average molecular weight is 352 g/mol. The summed E-state index contributed by atoms with van der Waals surface area (Å²) in [6.45, 7) is 1.98. The fourth-order valence-corrected chi connectivity index (χ4v) is 2.21. The molecule has 120 valence electrons. The second-order valence-electron chi connectivity index (χ2n) is 4.94. The first kappa shape index (κ1) is 17.3. The largest absolute Gasteiger partial charge is 0.452 e. The van der Waals surface area contributed by atoms with Crippen LogP contribution in [-0.2, 0) is 16.1 Å². The van der Waals surface area contributed by atoms with E-state index in [9.17, 15) is 9.59 Å². The van der Waals surface area contributed by atoms with E-state index >= 15 is 0 Å². The van der Waals surface area contributed by atoms with Gasteiger partial charge in [-0.2, -0.15) is 0 Å². The number of benzene rings is 2. The van der Waals surface area contributed by atoms with Gasteiger partial charge in [0.15, 0.2) is 6.61 Å². The lowest BCUT2D eigenvalue weighted by atomic mass is 10.1. The third kappa shape index (κ3) is 4.98. The molecule has 2 rings (SSSR count). The molecular weight excluding hydrogens is 337 g/mol. The van der Waals surface area contributed by atoms with Gasteiger partial charge in [0.25, 0.3) is 5.91 Å². The Morgan fingerprint density at radius 2 is 1.78 bits per heavy atom. The highest BCUT2D eigenvalue weighted by molar-refractivity contribution is 6.43. The number of nitrogens with one attached hydrogen (secondary N) is 1. The standard InChI is InChI=1S/C17H15Cl2NO3/c1-11-5-7-12(8-6-11)9-20-15(21)10-23-17(22)13-3-2-4-14(18)16(13)19/h2-8H,9-10H2,1H3,(H,20,21). The summed E-state index contributed by atoms with van der Waals surface area (Å²) in [5, 5.41) is 3.04. The van der Waals surface area contributed by atoms with E-state index in [0.29, 0.717) is 6.54 Å². The number of rotatable bonds is 5. The molecule has 0 saturated heterocycles. The summed E-state index contributed by atoms with van der Waals surface area (Å²) in [6, 6.07) is 12.4. The van der Waals surface area contributed by atoms with Crippen molar-refractivity contribution in [3.05, 3.63) is 69.2 Å². The highest BCUT2D eigenvalue weighted by Gasteiger charge is 2.15. The van der Waals surface area contributed by atoms with Gasteiger partial charge in [-0.25, -0.2) is 4.79 Å². The predicted molar refractivity (Wildman–Crippen MR) is 89.8 cm³/mol. The van der Waals surface area contributed by atoms with Crippen LogP contribution in [0.25, 0.3) is 0 Å². The van der Waals surface area contributed by atoms with Crippen molar-refractivity contribution in [2.75, 3.05) is 6.61 Å². The molecule has 0 aromatic heterocycles. The number of ether oxygens (including phenoxy) is 1. The molecule has 0 heterocycles. The molecule has 0 spiro atoms. The number of amides is 1. The molecule has 2 aromatic carbocycles. The van der Waals surface area contributed by atoms with Crippen LogP contribution in [0.4, 0.5) is 0 Å². The van der Waals surface area contributed by atoms with Crippen LogP contribution in [-0.4, -0.2) is 18.5 Å². The van der Waals surface area contributed by atoms with Crippen molar-refractivity contribution in [2.24, 2.45) is 0 Å². The zero-order valence-corrected chi connectivity index (χ0v) is 13.9. The van der Waals surface area contributed by atoms with Crippen molar-refractivity contribution >= 4 is 35.1 Å². The van der Waals surface area contributed by atoms with Gasteiger partial charge >= 0.3 is 5.97 Å². The fourth-order valence-electron chi connectivity index (χ4n) is 1.83. The van der Waals surface area contributed by atoms with E-state index < -0.39 is 11.9 Å². The molecule has 1 N–H and O–H groups in total. The van der Waals surface area contributed by atoms with E-state index in [1.807, 2.05) is 31.2 Å². The third-order valence-corrected chi connectivity index (χ3v) is 3.94. The molecule has 4 nitrogen and oxygen atoms in total. The first-order chi connectivity index (χ1) is 11.0.